The van der Waals surface area contributed by atoms with E-state index in [0.29, 0.717) is 23.6 Å². The van der Waals surface area contributed by atoms with E-state index in [1.807, 2.05) is 97.2 Å². The van der Waals surface area contributed by atoms with Crippen LogP contribution in [0, 0.1) is 11.3 Å². The molecule has 1 aromatic heterocycles. The number of nitrogens with zero attached hydrogens (tertiary/aromatic N) is 3. The average Bonchev–Trinajstić information content (AvgIpc) is 3.31. The third-order valence-corrected chi connectivity index (χ3v) is 5.07. The van der Waals surface area contributed by atoms with Gasteiger partial charge in [0.1, 0.15) is 23.1 Å². The summed E-state index contributed by atoms with van der Waals surface area (Å²) in [4.78, 5) is 12.7. The Hall–Kier alpha value is -4.63. The summed E-state index contributed by atoms with van der Waals surface area (Å²) in [5.41, 5.74) is 3.94. The van der Waals surface area contributed by atoms with E-state index in [-0.39, 0.29) is 5.57 Å². The molecular weight excluding hydrogens is 412 g/mol. The van der Waals surface area contributed by atoms with Crippen LogP contribution in [-0.2, 0) is 11.3 Å². The number of carbonyl (C=O) groups excluding carboxylic acids is 1. The number of ether oxygens (including phenoxy) is 1. The van der Waals surface area contributed by atoms with E-state index in [4.69, 9.17) is 9.84 Å². The van der Waals surface area contributed by atoms with Crippen molar-refractivity contribution < 1.29 is 9.53 Å². The Kier molecular flexibility index (Phi) is 6.62. The molecule has 162 valence electrons. The van der Waals surface area contributed by atoms with Gasteiger partial charge in [-0.1, -0.05) is 60.7 Å². The van der Waals surface area contributed by atoms with E-state index in [9.17, 15) is 10.1 Å². The molecule has 0 saturated carbocycles. The second kappa shape index (κ2) is 10.1. The maximum atomic E-state index is 12.7. The highest BCUT2D eigenvalue weighted by Gasteiger charge is 2.15. The molecule has 0 aliphatic heterocycles. The number of amides is 1. The number of nitriles is 1. The predicted molar refractivity (Wildman–Crippen MR) is 127 cm³/mol. The zero-order valence-electron chi connectivity index (χ0n) is 18.1. The van der Waals surface area contributed by atoms with Gasteiger partial charge in [0.15, 0.2) is 0 Å². The predicted octanol–water partition coefficient (Wildman–Crippen LogP) is 4.77. The maximum Gasteiger partial charge on any atom is 0.262 e. The topological polar surface area (TPSA) is 79.9 Å². The van der Waals surface area contributed by atoms with Crippen molar-refractivity contribution in [3.05, 3.63) is 108 Å². The van der Waals surface area contributed by atoms with Crippen molar-refractivity contribution in [3.63, 3.8) is 0 Å². The number of para-hydroxylation sites is 1. The molecule has 0 aliphatic carbocycles. The van der Waals surface area contributed by atoms with Crippen LogP contribution in [0.5, 0.6) is 5.75 Å². The third-order valence-electron chi connectivity index (χ3n) is 5.07. The molecule has 0 saturated heterocycles. The molecule has 6 nitrogen and oxygen atoms in total. The van der Waals surface area contributed by atoms with Crippen LogP contribution in [0.2, 0.25) is 0 Å². The third kappa shape index (κ3) is 5.17. The Bertz CT molecular complexity index is 1320. The average molecular weight is 434 g/mol. The van der Waals surface area contributed by atoms with Gasteiger partial charge in [-0.2, -0.15) is 10.4 Å². The van der Waals surface area contributed by atoms with E-state index in [2.05, 4.69) is 5.32 Å². The second-order valence-corrected chi connectivity index (χ2v) is 7.28. The highest BCUT2D eigenvalue weighted by atomic mass is 16.5. The highest BCUT2D eigenvalue weighted by molar-refractivity contribution is 6.02. The number of carbonyl (C=O) groups is 1. The van der Waals surface area contributed by atoms with Gasteiger partial charge in [0.05, 0.1) is 12.8 Å². The Morgan fingerprint density at radius 3 is 2.48 bits per heavy atom. The summed E-state index contributed by atoms with van der Waals surface area (Å²) in [6.07, 6.45) is 3.38. The van der Waals surface area contributed by atoms with Gasteiger partial charge >= 0.3 is 0 Å². The molecule has 0 radical (unpaired) electrons. The number of aromatic nitrogens is 2. The fraction of sp³-hybridized carbons (Fsp3) is 0.0741. The van der Waals surface area contributed by atoms with Crippen molar-refractivity contribution in [2.45, 2.75) is 6.54 Å². The van der Waals surface area contributed by atoms with Gasteiger partial charge in [0.25, 0.3) is 5.91 Å². The van der Waals surface area contributed by atoms with Crippen molar-refractivity contribution >= 4 is 12.0 Å². The van der Waals surface area contributed by atoms with Crippen LogP contribution in [0.15, 0.2) is 96.7 Å². The largest absolute Gasteiger partial charge is 0.497 e. The molecule has 0 spiro atoms. The highest BCUT2D eigenvalue weighted by Crippen LogP contribution is 2.28. The lowest BCUT2D eigenvalue weighted by Gasteiger charge is -2.05. The molecule has 4 aromatic rings. The normalized spacial score (nSPS) is 11.0. The number of rotatable bonds is 7. The quantitative estimate of drug-likeness (QED) is 0.336. The number of hydrogen-bond donors (Lipinski definition) is 1. The van der Waals surface area contributed by atoms with Crippen molar-refractivity contribution in [3.8, 4) is 28.8 Å². The van der Waals surface area contributed by atoms with Crippen molar-refractivity contribution in [1.29, 1.82) is 5.26 Å². The van der Waals surface area contributed by atoms with E-state index in [1.165, 1.54) is 0 Å². The summed E-state index contributed by atoms with van der Waals surface area (Å²) in [6, 6.07) is 28.8. The van der Waals surface area contributed by atoms with E-state index < -0.39 is 5.91 Å². The van der Waals surface area contributed by atoms with Crippen molar-refractivity contribution in [2.24, 2.45) is 0 Å². The smallest absolute Gasteiger partial charge is 0.262 e. The summed E-state index contributed by atoms with van der Waals surface area (Å²) < 4.78 is 7.09. The molecule has 0 fully saturated rings. The molecule has 1 heterocycles. The second-order valence-electron chi connectivity index (χ2n) is 7.28. The molecule has 1 amide bonds. The van der Waals surface area contributed by atoms with Crippen molar-refractivity contribution in [1.82, 2.24) is 15.1 Å². The molecule has 0 bridgehead atoms. The van der Waals surface area contributed by atoms with Crippen LogP contribution in [0.4, 0.5) is 0 Å². The molecule has 33 heavy (non-hydrogen) atoms. The monoisotopic (exact) mass is 434 g/mol. The number of hydrogen-bond acceptors (Lipinski definition) is 4. The van der Waals surface area contributed by atoms with Gasteiger partial charge in [-0.3, -0.25) is 4.79 Å². The number of benzene rings is 3. The summed E-state index contributed by atoms with van der Waals surface area (Å²) >= 11 is 0. The van der Waals surface area contributed by atoms with Gasteiger partial charge in [0, 0.05) is 23.9 Å². The Morgan fingerprint density at radius 1 is 1.06 bits per heavy atom. The van der Waals surface area contributed by atoms with Crippen LogP contribution in [0.3, 0.4) is 0 Å². The molecule has 0 aliphatic rings. The van der Waals surface area contributed by atoms with Gasteiger partial charge < -0.3 is 10.1 Å². The summed E-state index contributed by atoms with van der Waals surface area (Å²) in [6.45, 7) is 0.338. The molecular formula is C27H22N4O2. The minimum absolute atomic E-state index is 0.00249. The van der Waals surface area contributed by atoms with Crippen LogP contribution in [0.1, 0.15) is 11.1 Å². The minimum Gasteiger partial charge on any atom is -0.497 e. The summed E-state index contributed by atoms with van der Waals surface area (Å²) in [5, 5.41) is 17.2. The molecule has 0 atom stereocenters. The first-order valence-corrected chi connectivity index (χ1v) is 10.4. The lowest BCUT2D eigenvalue weighted by molar-refractivity contribution is -0.117. The Balaban J connectivity index is 1.71. The molecule has 4 rings (SSSR count). The van der Waals surface area contributed by atoms with E-state index >= 15 is 0 Å². The zero-order chi connectivity index (χ0) is 23.0. The van der Waals surface area contributed by atoms with E-state index in [1.54, 1.807) is 17.9 Å². The maximum absolute atomic E-state index is 12.7. The lowest BCUT2D eigenvalue weighted by atomic mass is 10.1. The SMILES string of the molecule is COc1cccc(-c2nn(-c3ccccc3)cc2C=C(C#N)C(=O)NCc2ccccc2)c1. The number of nitrogens with one attached hydrogen (secondary N) is 1. The van der Waals surface area contributed by atoms with Crippen molar-refractivity contribution in [2.75, 3.05) is 7.11 Å². The summed E-state index contributed by atoms with van der Waals surface area (Å²) in [7, 11) is 1.60. The molecule has 1 N–H and O–H groups in total. The first-order chi connectivity index (χ1) is 16.2. The minimum atomic E-state index is -0.439. The van der Waals surface area contributed by atoms with E-state index in [0.717, 1.165) is 16.8 Å². The van der Waals surface area contributed by atoms with Crippen LogP contribution < -0.4 is 10.1 Å². The fourth-order valence-electron chi connectivity index (χ4n) is 3.38. The van der Waals surface area contributed by atoms with Crippen LogP contribution in [0.25, 0.3) is 23.0 Å². The Labute approximate surface area is 192 Å². The first kappa shape index (κ1) is 21.6. The first-order valence-electron chi connectivity index (χ1n) is 10.4. The fourth-order valence-corrected chi connectivity index (χ4v) is 3.38. The number of methoxy groups -OCH3 is 1. The van der Waals surface area contributed by atoms with Gasteiger partial charge in [-0.05, 0) is 35.9 Å². The van der Waals surface area contributed by atoms with Gasteiger partial charge in [-0.15, -0.1) is 0 Å². The van der Waals surface area contributed by atoms with Crippen LogP contribution >= 0.6 is 0 Å². The summed E-state index contributed by atoms with van der Waals surface area (Å²) in [5.74, 6) is 0.253. The van der Waals surface area contributed by atoms with Crippen LogP contribution in [-0.4, -0.2) is 22.8 Å². The van der Waals surface area contributed by atoms with Gasteiger partial charge in [0.2, 0.25) is 0 Å². The molecule has 0 unspecified atom stereocenters. The molecule has 6 heteroatoms. The molecule has 3 aromatic carbocycles. The Morgan fingerprint density at radius 2 is 1.79 bits per heavy atom. The lowest BCUT2D eigenvalue weighted by Crippen LogP contribution is -2.23. The van der Waals surface area contributed by atoms with Gasteiger partial charge in [-0.25, -0.2) is 4.68 Å². The zero-order valence-corrected chi connectivity index (χ0v) is 18.1. The standard InChI is InChI=1S/C27H22N4O2/c1-33-25-14-8-11-21(16-25)26-23(19-31(30-26)24-12-6-3-7-13-24)15-22(17-28)27(32)29-18-20-9-4-2-5-10-20/h2-16,19H,18H2,1H3,(H,29,32).